The van der Waals surface area contributed by atoms with E-state index < -0.39 is 7.12 Å². The maximum Gasteiger partial charge on any atom is 0.514 e. The fraction of sp³-hybridized carbons (Fsp3) is 0.727. The van der Waals surface area contributed by atoms with Crippen LogP contribution in [0.3, 0.4) is 0 Å². The molecule has 1 aliphatic rings. The van der Waals surface area contributed by atoms with E-state index >= 15 is 0 Å². The lowest BCUT2D eigenvalue weighted by Crippen LogP contribution is -2.41. The van der Waals surface area contributed by atoms with E-state index in [2.05, 4.69) is 26.8 Å². The van der Waals surface area contributed by atoms with Gasteiger partial charge in [-0.3, -0.25) is 4.76 Å². The summed E-state index contributed by atoms with van der Waals surface area (Å²) < 4.78 is 16.1. The first-order valence-corrected chi connectivity index (χ1v) is 10.1. The van der Waals surface area contributed by atoms with Crippen molar-refractivity contribution in [2.75, 3.05) is 0 Å². The van der Waals surface area contributed by atoms with Gasteiger partial charge < -0.3 is 15.0 Å². The Morgan fingerprint density at radius 3 is 2.00 bits per heavy atom. The summed E-state index contributed by atoms with van der Waals surface area (Å²) in [5.41, 5.74) is 5.46. The summed E-state index contributed by atoms with van der Waals surface area (Å²) in [6.45, 7) is 12.1. The molecule has 2 N–H and O–H groups in total. The van der Waals surface area contributed by atoms with Crippen LogP contribution >= 0.6 is 28.4 Å². The largest absolute Gasteiger partial charge is 0.514 e. The maximum atomic E-state index is 5.87. The lowest BCUT2D eigenvalue weighted by molar-refractivity contribution is 0.00578. The molecule has 0 amide bonds. The average molecular weight is 384 g/mol. The monoisotopic (exact) mass is 384 g/mol. The van der Waals surface area contributed by atoms with Gasteiger partial charge in [-0.15, -0.1) is 0 Å². The molecule has 0 bridgehead atoms. The molecule has 1 rings (SSSR count). The van der Waals surface area contributed by atoms with Gasteiger partial charge in [0, 0.05) is 0 Å². The third kappa shape index (κ3) is 4.47. The van der Waals surface area contributed by atoms with E-state index in [9.17, 15) is 0 Å². The Morgan fingerprint density at radius 1 is 1.22 bits per heavy atom. The first kappa shape index (κ1) is 18.4. The standard InChI is InChI=1S/C9H17BIN2O2P.C2H6/c1-8(2)9(3,4)15-10(14-8)7(5-6-12)13-16-11;1-2/h5-6,16H,12H2,1-4H3;1-2H3/b6-5-,13-7-;. The molecule has 0 aromatic carbocycles. The van der Waals surface area contributed by atoms with E-state index in [4.69, 9.17) is 15.0 Å². The summed E-state index contributed by atoms with van der Waals surface area (Å²) in [5, 5.41) is 0. The highest BCUT2D eigenvalue weighted by atomic mass is 127. The fourth-order valence-corrected chi connectivity index (χ4v) is 2.39. The number of rotatable bonds is 3. The van der Waals surface area contributed by atoms with Crippen molar-refractivity contribution in [3.8, 4) is 0 Å². The van der Waals surface area contributed by atoms with Crippen LogP contribution in [0.15, 0.2) is 17.0 Å². The lowest BCUT2D eigenvalue weighted by Gasteiger charge is -2.32. The summed E-state index contributed by atoms with van der Waals surface area (Å²) >= 11 is 2.20. The normalized spacial score (nSPS) is 22.6. The van der Waals surface area contributed by atoms with Crippen LogP contribution in [0.4, 0.5) is 0 Å². The number of halogens is 1. The Kier molecular flexibility index (Phi) is 7.98. The van der Waals surface area contributed by atoms with Gasteiger partial charge in [0.2, 0.25) is 0 Å². The minimum absolute atomic E-state index is 0.338. The third-order valence-electron chi connectivity index (χ3n) is 2.93. The summed E-state index contributed by atoms with van der Waals surface area (Å²) in [4.78, 5) is 0. The zero-order valence-corrected chi connectivity index (χ0v) is 15.1. The summed E-state index contributed by atoms with van der Waals surface area (Å²) in [7, 11) is -0.424. The van der Waals surface area contributed by atoms with Crippen LogP contribution in [0.5, 0.6) is 0 Å². The second kappa shape index (κ2) is 7.83. The zero-order valence-electron chi connectivity index (χ0n) is 12.0. The summed E-state index contributed by atoms with van der Waals surface area (Å²) in [6, 6.07) is 0. The molecule has 18 heavy (non-hydrogen) atoms. The summed E-state index contributed by atoms with van der Waals surface area (Å²) in [5.74, 6) is 0. The molecule has 0 aliphatic carbocycles. The van der Waals surface area contributed by atoms with Crippen LogP contribution < -0.4 is 5.73 Å². The van der Waals surface area contributed by atoms with Crippen molar-refractivity contribution < 1.29 is 9.31 Å². The molecule has 0 aromatic rings. The smallest absolute Gasteiger partial charge is 0.405 e. The Bertz CT molecular complexity index is 306. The van der Waals surface area contributed by atoms with E-state index in [0.29, 0.717) is 6.37 Å². The predicted octanol–water partition coefficient (Wildman–Crippen LogP) is 3.50. The Morgan fingerprint density at radius 2 is 1.67 bits per heavy atom. The number of allylic oxidation sites excluding steroid dienone is 1. The van der Waals surface area contributed by atoms with Crippen molar-refractivity contribution in [3.63, 3.8) is 0 Å². The van der Waals surface area contributed by atoms with Crippen molar-refractivity contribution in [1.29, 1.82) is 0 Å². The Balaban J connectivity index is 0.00000137. The van der Waals surface area contributed by atoms with Crippen LogP contribution in [-0.2, 0) is 9.31 Å². The highest BCUT2D eigenvalue weighted by molar-refractivity contribution is 14.2. The highest BCUT2D eigenvalue weighted by Gasteiger charge is 2.52. The maximum absolute atomic E-state index is 5.87. The van der Waals surface area contributed by atoms with Crippen LogP contribution in [0.2, 0.25) is 0 Å². The van der Waals surface area contributed by atoms with E-state index in [-0.39, 0.29) is 11.2 Å². The molecule has 1 heterocycles. The highest BCUT2D eigenvalue weighted by Crippen LogP contribution is 2.37. The van der Waals surface area contributed by atoms with Gasteiger partial charge in [0.1, 0.15) is 0 Å². The molecule has 0 saturated carbocycles. The predicted molar refractivity (Wildman–Crippen MR) is 90.5 cm³/mol. The number of nitrogens with zero attached hydrogens (tertiary/aromatic N) is 1. The van der Waals surface area contributed by atoms with Crippen molar-refractivity contribution in [2.45, 2.75) is 52.7 Å². The third-order valence-corrected chi connectivity index (χ3v) is 4.00. The zero-order chi connectivity index (χ0) is 14.4. The molecule has 0 radical (unpaired) electrons. The molecule has 1 aliphatic heterocycles. The second-order valence-electron chi connectivity index (χ2n) is 4.57. The van der Waals surface area contributed by atoms with Gasteiger partial charge in [0.05, 0.1) is 23.2 Å². The Hall–Kier alpha value is 0.355. The van der Waals surface area contributed by atoms with Crippen molar-refractivity contribution in [3.05, 3.63) is 12.3 Å². The molecular weight excluding hydrogens is 361 g/mol. The van der Waals surface area contributed by atoms with Crippen molar-refractivity contribution >= 4 is 41.1 Å². The topological polar surface area (TPSA) is 56.8 Å². The quantitative estimate of drug-likeness (QED) is 0.351. The first-order valence-electron chi connectivity index (χ1n) is 6.01. The van der Waals surface area contributed by atoms with Crippen molar-refractivity contribution in [2.24, 2.45) is 10.5 Å². The molecule has 1 fully saturated rings. The van der Waals surface area contributed by atoms with Crippen molar-refractivity contribution in [1.82, 2.24) is 0 Å². The number of nitrogens with two attached hydrogens (primary N) is 1. The summed E-state index contributed by atoms with van der Waals surface area (Å²) in [6.07, 6.45) is 3.62. The lowest BCUT2D eigenvalue weighted by atomic mass is 9.82. The molecular formula is C11H23BIN2O2P. The van der Waals surface area contributed by atoms with Crippen LogP contribution in [-0.4, -0.2) is 23.9 Å². The molecule has 1 saturated heterocycles. The van der Waals surface area contributed by atoms with Gasteiger partial charge in [0.25, 0.3) is 0 Å². The van der Waals surface area contributed by atoms with Crippen LogP contribution in [0.25, 0.3) is 0 Å². The average Bonchev–Trinajstić information content (AvgIpc) is 2.51. The van der Waals surface area contributed by atoms with Gasteiger partial charge >= 0.3 is 7.12 Å². The van der Waals surface area contributed by atoms with E-state index in [1.807, 2.05) is 41.5 Å². The molecule has 1 unspecified atom stereocenters. The van der Waals surface area contributed by atoms with E-state index in [1.165, 1.54) is 6.20 Å². The first-order chi connectivity index (χ1) is 8.34. The molecule has 104 valence electrons. The van der Waals surface area contributed by atoms with E-state index in [1.54, 1.807) is 6.08 Å². The second-order valence-corrected chi connectivity index (χ2v) is 6.41. The van der Waals surface area contributed by atoms with Gasteiger partial charge in [-0.1, -0.05) is 13.8 Å². The van der Waals surface area contributed by atoms with Gasteiger partial charge in [0.15, 0.2) is 0 Å². The van der Waals surface area contributed by atoms with Crippen LogP contribution in [0, 0.1) is 0 Å². The fourth-order valence-electron chi connectivity index (χ4n) is 1.28. The van der Waals surface area contributed by atoms with Crippen LogP contribution in [0.1, 0.15) is 41.5 Å². The number of hydrogen-bond acceptors (Lipinski definition) is 4. The minimum Gasteiger partial charge on any atom is -0.405 e. The number of hydrogen-bond donors (Lipinski definition) is 1. The molecule has 7 heteroatoms. The molecule has 4 nitrogen and oxygen atoms in total. The minimum atomic E-state index is -0.424. The van der Waals surface area contributed by atoms with E-state index in [0.717, 1.165) is 5.61 Å². The molecule has 0 spiro atoms. The van der Waals surface area contributed by atoms with Gasteiger partial charge in [-0.05, 0) is 62.0 Å². The molecule has 1 atom stereocenters. The molecule has 0 aromatic heterocycles. The van der Waals surface area contributed by atoms with Gasteiger partial charge in [-0.2, -0.15) is 0 Å². The SMILES string of the molecule is CC.CC1(C)OB(C(/C=C\N)=N\PI)OC1(C)C. The van der Waals surface area contributed by atoms with Gasteiger partial charge in [-0.25, -0.2) is 0 Å². The Labute approximate surface area is 126 Å².